The number of hydrogen-bond donors (Lipinski definition) is 1. The summed E-state index contributed by atoms with van der Waals surface area (Å²) in [7, 11) is 3.75. The largest absolute Gasteiger partial charge is 0.496 e. The molecule has 1 atom stereocenters. The first kappa shape index (κ1) is 12.5. The number of ether oxygens (including phenoxy) is 1. The molecule has 1 aromatic heterocycles. The fraction of sp³-hybridized carbons (Fsp3) is 0.667. The summed E-state index contributed by atoms with van der Waals surface area (Å²) in [6, 6.07) is 2.47. The fourth-order valence-corrected chi connectivity index (χ4v) is 2.64. The lowest BCUT2D eigenvalue weighted by Crippen LogP contribution is -2.16. The summed E-state index contributed by atoms with van der Waals surface area (Å²) in [4.78, 5) is 1.32. The molecule has 0 radical (unpaired) electrons. The van der Waals surface area contributed by atoms with Gasteiger partial charge in [-0.2, -0.15) is 0 Å². The first-order chi connectivity index (χ1) is 7.19. The molecule has 1 heterocycles. The molecule has 0 saturated carbocycles. The summed E-state index contributed by atoms with van der Waals surface area (Å²) in [5.74, 6) is 1.77. The van der Waals surface area contributed by atoms with Gasteiger partial charge in [0.2, 0.25) is 0 Å². The number of thiophene rings is 1. The lowest BCUT2D eigenvalue weighted by Gasteiger charge is -2.17. The second-order valence-corrected chi connectivity index (χ2v) is 5.11. The average Bonchev–Trinajstić information content (AvgIpc) is 2.66. The van der Waals surface area contributed by atoms with Gasteiger partial charge in [0.25, 0.3) is 0 Å². The highest BCUT2D eigenvalue weighted by atomic mass is 32.1. The fourth-order valence-electron chi connectivity index (χ4n) is 1.64. The van der Waals surface area contributed by atoms with Gasteiger partial charge < -0.3 is 10.1 Å². The van der Waals surface area contributed by atoms with Crippen molar-refractivity contribution >= 4 is 11.3 Å². The maximum atomic E-state index is 5.35. The van der Waals surface area contributed by atoms with Crippen molar-refractivity contribution < 1.29 is 4.74 Å². The topological polar surface area (TPSA) is 21.3 Å². The Kier molecular flexibility index (Phi) is 5.12. The van der Waals surface area contributed by atoms with E-state index in [1.165, 1.54) is 17.7 Å². The highest BCUT2D eigenvalue weighted by Gasteiger charge is 2.15. The van der Waals surface area contributed by atoms with Crippen molar-refractivity contribution in [2.75, 3.05) is 14.2 Å². The molecular weight excluding hydrogens is 206 g/mol. The van der Waals surface area contributed by atoms with E-state index in [-0.39, 0.29) is 0 Å². The summed E-state index contributed by atoms with van der Waals surface area (Å²) >= 11 is 1.77. The van der Waals surface area contributed by atoms with Crippen LogP contribution in [0.2, 0.25) is 0 Å². The number of rotatable bonds is 6. The summed E-state index contributed by atoms with van der Waals surface area (Å²) in [5, 5.41) is 5.46. The molecule has 1 aromatic rings. The zero-order valence-corrected chi connectivity index (χ0v) is 10.9. The van der Waals surface area contributed by atoms with Crippen molar-refractivity contribution in [2.24, 2.45) is 5.92 Å². The number of methoxy groups -OCH3 is 1. The van der Waals surface area contributed by atoms with Crippen molar-refractivity contribution in [3.63, 3.8) is 0 Å². The van der Waals surface area contributed by atoms with Gasteiger partial charge in [-0.25, -0.2) is 0 Å². The summed E-state index contributed by atoms with van der Waals surface area (Å²) in [5.41, 5.74) is 0. The Balaban J connectivity index is 2.65. The second kappa shape index (κ2) is 6.13. The standard InChI is InChI=1S/C12H21NOS/c1-9(2)5-6-10(13-3)12-11(14-4)7-8-15-12/h7-10,13H,5-6H2,1-4H3. The molecule has 0 amide bonds. The van der Waals surface area contributed by atoms with Crippen LogP contribution in [-0.2, 0) is 0 Å². The molecule has 0 fully saturated rings. The predicted octanol–water partition coefficient (Wildman–Crippen LogP) is 3.45. The SMILES string of the molecule is CNC(CCC(C)C)c1sccc1OC. The molecule has 0 aliphatic carbocycles. The van der Waals surface area contributed by atoms with E-state index in [1.807, 2.05) is 13.1 Å². The van der Waals surface area contributed by atoms with Crippen LogP contribution < -0.4 is 10.1 Å². The highest BCUT2D eigenvalue weighted by molar-refractivity contribution is 7.10. The first-order valence-corrected chi connectivity index (χ1v) is 6.35. The molecule has 0 saturated heterocycles. The molecule has 0 aliphatic heterocycles. The van der Waals surface area contributed by atoms with Crippen LogP contribution in [0.1, 0.15) is 37.6 Å². The van der Waals surface area contributed by atoms with Gasteiger partial charge in [0.1, 0.15) is 5.75 Å². The van der Waals surface area contributed by atoms with Crippen LogP contribution in [0.15, 0.2) is 11.4 Å². The molecule has 86 valence electrons. The summed E-state index contributed by atoms with van der Waals surface area (Å²) < 4.78 is 5.35. The molecule has 0 aliphatic rings. The van der Waals surface area contributed by atoms with Gasteiger partial charge in [-0.3, -0.25) is 0 Å². The van der Waals surface area contributed by atoms with Crippen LogP contribution in [0.4, 0.5) is 0 Å². The van der Waals surface area contributed by atoms with Gasteiger partial charge in [0.15, 0.2) is 0 Å². The van der Waals surface area contributed by atoms with Crippen LogP contribution in [0.25, 0.3) is 0 Å². The second-order valence-electron chi connectivity index (χ2n) is 4.17. The van der Waals surface area contributed by atoms with Gasteiger partial charge in [0, 0.05) is 6.04 Å². The molecule has 3 heteroatoms. The van der Waals surface area contributed by atoms with Crippen molar-refractivity contribution in [2.45, 2.75) is 32.7 Å². The molecular formula is C12H21NOS. The van der Waals surface area contributed by atoms with E-state index in [9.17, 15) is 0 Å². The zero-order valence-electron chi connectivity index (χ0n) is 10.0. The van der Waals surface area contributed by atoms with E-state index < -0.39 is 0 Å². The van der Waals surface area contributed by atoms with Crippen LogP contribution in [-0.4, -0.2) is 14.2 Å². The van der Waals surface area contributed by atoms with Crippen molar-refractivity contribution in [3.8, 4) is 5.75 Å². The zero-order chi connectivity index (χ0) is 11.3. The van der Waals surface area contributed by atoms with Crippen LogP contribution in [0.3, 0.4) is 0 Å². The van der Waals surface area contributed by atoms with E-state index in [4.69, 9.17) is 4.74 Å². The molecule has 0 aromatic carbocycles. The average molecular weight is 227 g/mol. The third kappa shape index (κ3) is 3.50. The van der Waals surface area contributed by atoms with Gasteiger partial charge in [-0.05, 0) is 37.3 Å². The minimum Gasteiger partial charge on any atom is -0.496 e. The quantitative estimate of drug-likeness (QED) is 0.803. The van der Waals surface area contributed by atoms with E-state index in [1.54, 1.807) is 18.4 Å². The van der Waals surface area contributed by atoms with Gasteiger partial charge >= 0.3 is 0 Å². The molecule has 2 nitrogen and oxygen atoms in total. The number of nitrogens with one attached hydrogen (secondary N) is 1. The molecule has 0 bridgehead atoms. The van der Waals surface area contributed by atoms with Gasteiger partial charge in [-0.1, -0.05) is 13.8 Å². The van der Waals surface area contributed by atoms with Crippen molar-refractivity contribution in [3.05, 3.63) is 16.3 Å². The Bertz CT molecular complexity index is 283. The smallest absolute Gasteiger partial charge is 0.134 e. The maximum Gasteiger partial charge on any atom is 0.134 e. The molecule has 0 spiro atoms. The minimum atomic E-state index is 0.433. The van der Waals surface area contributed by atoms with Crippen LogP contribution in [0, 0.1) is 5.92 Å². The van der Waals surface area contributed by atoms with E-state index in [0.29, 0.717) is 6.04 Å². The molecule has 1 rings (SSSR count). The maximum absolute atomic E-state index is 5.35. The molecule has 1 unspecified atom stereocenters. The lowest BCUT2D eigenvalue weighted by molar-refractivity contribution is 0.397. The Morgan fingerprint density at radius 3 is 2.67 bits per heavy atom. The number of hydrogen-bond acceptors (Lipinski definition) is 3. The monoisotopic (exact) mass is 227 g/mol. The Hall–Kier alpha value is -0.540. The van der Waals surface area contributed by atoms with Crippen molar-refractivity contribution in [1.29, 1.82) is 0 Å². The highest BCUT2D eigenvalue weighted by Crippen LogP contribution is 2.33. The lowest BCUT2D eigenvalue weighted by atomic mass is 10.0. The normalized spacial score (nSPS) is 13.1. The van der Waals surface area contributed by atoms with Crippen LogP contribution >= 0.6 is 11.3 Å². The van der Waals surface area contributed by atoms with E-state index in [0.717, 1.165) is 11.7 Å². The molecule has 15 heavy (non-hydrogen) atoms. The Morgan fingerprint density at radius 1 is 1.40 bits per heavy atom. The summed E-state index contributed by atoms with van der Waals surface area (Å²) in [6.45, 7) is 4.52. The summed E-state index contributed by atoms with van der Waals surface area (Å²) in [6.07, 6.45) is 2.41. The minimum absolute atomic E-state index is 0.433. The Morgan fingerprint density at radius 2 is 2.13 bits per heavy atom. The van der Waals surface area contributed by atoms with E-state index >= 15 is 0 Å². The molecule has 1 N–H and O–H groups in total. The first-order valence-electron chi connectivity index (χ1n) is 5.47. The third-order valence-corrected chi connectivity index (χ3v) is 3.59. The Labute approximate surface area is 96.7 Å². The van der Waals surface area contributed by atoms with Gasteiger partial charge in [-0.15, -0.1) is 11.3 Å². The van der Waals surface area contributed by atoms with E-state index in [2.05, 4.69) is 24.5 Å². The van der Waals surface area contributed by atoms with Crippen molar-refractivity contribution in [1.82, 2.24) is 5.32 Å². The van der Waals surface area contributed by atoms with Crippen LogP contribution in [0.5, 0.6) is 5.75 Å². The predicted molar refractivity (Wildman–Crippen MR) is 66.7 cm³/mol. The van der Waals surface area contributed by atoms with Gasteiger partial charge in [0.05, 0.1) is 12.0 Å². The third-order valence-electron chi connectivity index (χ3n) is 2.57.